The fraction of sp³-hybridized carbons (Fsp3) is 0.357. The van der Waals surface area contributed by atoms with E-state index in [2.05, 4.69) is 6.08 Å². The Morgan fingerprint density at radius 2 is 2.24 bits per heavy atom. The smallest absolute Gasteiger partial charge is 0.146 e. The summed E-state index contributed by atoms with van der Waals surface area (Å²) in [6.07, 6.45) is 10.1. The summed E-state index contributed by atoms with van der Waals surface area (Å²) in [5.74, 6) is 0. The maximum absolute atomic E-state index is 10.7. The number of hydrogen-bond donors (Lipinski definition) is 0. The van der Waals surface area contributed by atoms with E-state index in [4.69, 9.17) is 23.2 Å². The van der Waals surface area contributed by atoms with Gasteiger partial charge in [0.25, 0.3) is 0 Å². The molecule has 1 unspecified atom stereocenters. The van der Waals surface area contributed by atoms with Crippen LogP contribution in [0, 0.1) is 0 Å². The van der Waals surface area contributed by atoms with Crippen molar-refractivity contribution in [2.45, 2.75) is 32.1 Å². The van der Waals surface area contributed by atoms with Crippen molar-refractivity contribution >= 4 is 29.5 Å². The summed E-state index contributed by atoms with van der Waals surface area (Å²) in [6, 6.07) is 0. The van der Waals surface area contributed by atoms with Crippen LogP contribution in [-0.4, -0.2) is 11.7 Å². The standard InChI is InChI=1S/C14H16Cl2O/c1-3-11(9-17)5-4-10(2)12-6-7-13(15)14(16)8-12/h4-6,8-9,13H,3,7H2,1-2H3/b10-4+,11-5+. The average molecular weight is 271 g/mol. The minimum atomic E-state index is -0.107. The Morgan fingerprint density at radius 1 is 1.53 bits per heavy atom. The molecule has 0 aromatic heterocycles. The van der Waals surface area contributed by atoms with Crippen molar-refractivity contribution in [3.05, 3.63) is 46.1 Å². The molecule has 0 spiro atoms. The molecule has 17 heavy (non-hydrogen) atoms. The van der Waals surface area contributed by atoms with Gasteiger partial charge in [0, 0.05) is 5.03 Å². The maximum atomic E-state index is 10.7. The van der Waals surface area contributed by atoms with E-state index < -0.39 is 0 Å². The fourth-order valence-electron chi connectivity index (χ4n) is 1.48. The second kappa shape index (κ2) is 6.83. The summed E-state index contributed by atoms with van der Waals surface area (Å²) in [6.45, 7) is 3.95. The van der Waals surface area contributed by atoms with Gasteiger partial charge >= 0.3 is 0 Å². The number of hydrogen-bond acceptors (Lipinski definition) is 1. The summed E-state index contributed by atoms with van der Waals surface area (Å²) in [5.41, 5.74) is 2.94. The van der Waals surface area contributed by atoms with Gasteiger partial charge in [-0.2, -0.15) is 0 Å². The summed E-state index contributed by atoms with van der Waals surface area (Å²) in [7, 11) is 0. The van der Waals surface area contributed by atoms with E-state index >= 15 is 0 Å². The van der Waals surface area contributed by atoms with Crippen molar-refractivity contribution < 1.29 is 4.79 Å². The topological polar surface area (TPSA) is 17.1 Å². The SMILES string of the molecule is CC/C(C=O)=C\C=C(/C)C1=CCC(Cl)C(Cl)=C1. The van der Waals surface area contributed by atoms with Gasteiger partial charge in [-0.25, -0.2) is 0 Å². The van der Waals surface area contributed by atoms with E-state index in [1.807, 2.05) is 32.1 Å². The zero-order valence-electron chi connectivity index (χ0n) is 10.0. The van der Waals surface area contributed by atoms with Gasteiger partial charge in [0.1, 0.15) is 6.29 Å². The molecule has 1 nitrogen and oxygen atoms in total. The van der Waals surface area contributed by atoms with Gasteiger partial charge in [0.05, 0.1) is 5.38 Å². The van der Waals surface area contributed by atoms with Crippen LogP contribution in [-0.2, 0) is 4.79 Å². The number of halogens is 2. The predicted molar refractivity (Wildman–Crippen MR) is 74.5 cm³/mol. The molecule has 0 aliphatic heterocycles. The number of carbonyl (C=O) groups is 1. The molecular formula is C14H16Cl2O. The lowest BCUT2D eigenvalue weighted by atomic mass is 9.99. The van der Waals surface area contributed by atoms with Crippen LogP contribution < -0.4 is 0 Å². The molecular weight excluding hydrogens is 255 g/mol. The van der Waals surface area contributed by atoms with Gasteiger partial charge in [0.15, 0.2) is 0 Å². The third kappa shape index (κ3) is 4.18. The largest absolute Gasteiger partial charge is 0.298 e. The quantitative estimate of drug-likeness (QED) is 0.318. The molecule has 0 heterocycles. The van der Waals surface area contributed by atoms with E-state index in [-0.39, 0.29) is 5.38 Å². The second-order valence-electron chi connectivity index (χ2n) is 3.95. The molecule has 1 aliphatic rings. The van der Waals surface area contributed by atoms with E-state index in [0.29, 0.717) is 5.03 Å². The molecule has 1 rings (SSSR count). The number of alkyl halides is 1. The average Bonchev–Trinajstić information content (AvgIpc) is 2.33. The van der Waals surface area contributed by atoms with Crippen molar-refractivity contribution in [2.75, 3.05) is 0 Å². The molecule has 92 valence electrons. The van der Waals surface area contributed by atoms with Gasteiger partial charge in [-0.1, -0.05) is 36.8 Å². The van der Waals surface area contributed by atoms with Crippen molar-refractivity contribution in [1.29, 1.82) is 0 Å². The van der Waals surface area contributed by atoms with Crippen LogP contribution in [0.25, 0.3) is 0 Å². The minimum absolute atomic E-state index is 0.107. The van der Waals surface area contributed by atoms with E-state index in [1.165, 1.54) is 0 Å². The molecule has 0 amide bonds. The van der Waals surface area contributed by atoms with Crippen LogP contribution in [0.2, 0.25) is 0 Å². The Kier molecular flexibility index (Phi) is 5.73. The number of carbonyl (C=O) groups excluding carboxylic acids is 1. The number of allylic oxidation sites excluding steroid dienone is 8. The van der Waals surface area contributed by atoms with Gasteiger partial charge in [-0.05, 0) is 42.6 Å². The molecule has 3 heteroatoms. The molecule has 0 aromatic carbocycles. The van der Waals surface area contributed by atoms with Crippen LogP contribution in [0.15, 0.2) is 46.1 Å². The summed E-state index contributed by atoms with van der Waals surface area (Å²) >= 11 is 12.0. The van der Waals surface area contributed by atoms with Gasteiger partial charge in [0.2, 0.25) is 0 Å². The Morgan fingerprint density at radius 3 is 2.76 bits per heavy atom. The lowest BCUT2D eigenvalue weighted by Crippen LogP contribution is -2.03. The summed E-state index contributed by atoms with van der Waals surface area (Å²) in [5, 5.41) is 0.567. The third-order valence-electron chi connectivity index (χ3n) is 2.70. The van der Waals surface area contributed by atoms with Crippen molar-refractivity contribution in [3.8, 4) is 0 Å². The summed E-state index contributed by atoms with van der Waals surface area (Å²) < 4.78 is 0. The molecule has 0 saturated carbocycles. The van der Waals surface area contributed by atoms with Crippen LogP contribution in [0.4, 0.5) is 0 Å². The van der Waals surface area contributed by atoms with Crippen molar-refractivity contribution in [1.82, 2.24) is 0 Å². The van der Waals surface area contributed by atoms with Crippen LogP contribution in [0.3, 0.4) is 0 Å². The molecule has 0 radical (unpaired) electrons. The monoisotopic (exact) mass is 270 g/mol. The first-order valence-corrected chi connectivity index (χ1v) is 6.44. The molecule has 1 atom stereocenters. The number of rotatable bonds is 4. The van der Waals surface area contributed by atoms with Gasteiger partial charge < -0.3 is 0 Å². The Balaban J connectivity index is 2.85. The van der Waals surface area contributed by atoms with Crippen LogP contribution in [0.1, 0.15) is 26.7 Å². The highest BCUT2D eigenvalue weighted by Gasteiger charge is 2.13. The molecule has 0 saturated heterocycles. The van der Waals surface area contributed by atoms with Crippen molar-refractivity contribution in [3.63, 3.8) is 0 Å². The minimum Gasteiger partial charge on any atom is -0.298 e. The second-order valence-corrected chi connectivity index (χ2v) is 4.92. The highest BCUT2D eigenvalue weighted by Crippen LogP contribution is 2.28. The normalized spacial score (nSPS) is 22.0. The lowest BCUT2D eigenvalue weighted by Gasteiger charge is -2.14. The lowest BCUT2D eigenvalue weighted by molar-refractivity contribution is -0.105. The third-order valence-corrected chi connectivity index (χ3v) is 3.60. The Hall–Kier alpha value is -0.790. The van der Waals surface area contributed by atoms with Gasteiger partial charge in [-0.3, -0.25) is 4.79 Å². The Labute approximate surface area is 112 Å². The molecule has 1 aliphatic carbocycles. The molecule has 0 fully saturated rings. The highest BCUT2D eigenvalue weighted by molar-refractivity contribution is 6.37. The molecule has 0 aromatic rings. The number of aldehydes is 1. The van der Waals surface area contributed by atoms with Crippen molar-refractivity contribution in [2.24, 2.45) is 0 Å². The molecule has 0 N–H and O–H groups in total. The zero-order chi connectivity index (χ0) is 12.8. The first-order valence-electron chi connectivity index (χ1n) is 5.62. The van der Waals surface area contributed by atoms with E-state index in [9.17, 15) is 4.79 Å². The summed E-state index contributed by atoms with van der Waals surface area (Å²) in [4.78, 5) is 10.7. The predicted octanol–water partition coefficient (Wildman–Crippen LogP) is 4.53. The van der Waals surface area contributed by atoms with E-state index in [1.54, 1.807) is 0 Å². The highest BCUT2D eigenvalue weighted by atomic mass is 35.5. The maximum Gasteiger partial charge on any atom is 0.146 e. The van der Waals surface area contributed by atoms with Crippen LogP contribution in [0.5, 0.6) is 0 Å². The zero-order valence-corrected chi connectivity index (χ0v) is 11.6. The molecule has 0 bridgehead atoms. The Bertz CT molecular complexity index is 414. The van der Waals surface area contributed by atoms with Gasteiger partial charge in [-0.15, -0.1) is 11.6 Å². The van der Waals surface area contributed by atoms with E-state index in [0.717, 1.165) is 35.8 Å². The first-order chi connectivity index (χ1) is 8.08. The van der Waals surface area contributed by atoms with Crippen LogP contribution >= 0.6 is 23.2 Å². The first kappa shape index (κ1) is 14.3. The fourth-order valence-corrected chi connectivity index (χ4v) is 1.84.